The third kappa shape index (κ3) is 3.31. The molecule has 23 heavy (non-hydrogen) atoms. The van der Waals surface area contributed by atoms with Crippen molar-refractivity contribution in [1.29, 1.82) is 0 Å². The van der Waals surface area contributed by atoms with Gasteiger partial charge in [-0.05, 0) is 19.1 Å². The lowest BCUT2D eigenvalue weighted by atomic mass is 10.00. The van der Waals surface area contributed by atoms with E-state index in [4.69, 9.17) is 4.74 Å². The molecule has 0 bridgehead atoms. The van der Waals surface area contributed by atoms with E-state index in [1.165, 1.54) is 12.4 Å². The summed E-state index contributed by atoms with van der Waals surface area (Å²) < 4.78 is 45.7. The second-order valence-corrected chi connectivity index (χ2v) is 5.41. The Morgan fingerprint density at radius 3 is 2.65 bits per heavy atom. The largest absolute Gasteiger partial charge is 0.418 e. The summed E-state index contributed by atoms with van der Waals surface area (Å²) in [5, 5.41) is 4.06. The van der Waals surface area contributed by atoms with Crippen LogP contribution in [0.1, 0.15) is 18.1 Å². The molecule has 0 aromatic heterocycles. The van der Waals surface area contributed by atoms with Gasteiger partial charge in [-0.2, -0.15) is 18.3 Å². The standard InChI is InChI=1S/C15H17F3N4O/c1-10-14(21-20-9-19-10)11-2-3-13(12(8-11)15(16,17)18)22-4-6-23-7-5-22/h2-3,8-10H,4-7H2,1H3,(H,19,20)/t10-/m0/s1. The third-order valence-electron chi connectivity index (χ3n) is 3.89. The van der Waals surface area contributed by atoms with Crippen LogP contribution in [0.3, 0.4) is 0 Å². The summed E-state index contributed by atoms with van der Waals surface area (Å²) in [6.07, 6.45) is -3.00. The van der Waals surface area contributed by atoms with Crippen LogP contribution in [0.5, 0.6) is 0 Å². The highest BCUT2D eigenvalue weighted by molar-refractivity contribution is 6.06. The number of nitrogens with zero attached hydrogens (tertiary/aromatic N) is 3. The quantitative estimate of drug-likeness (QED) is 0.907. The van der Waals surface area contributed by atoms with Crippen LogP contribution in [0.2, 0.25) is 0 Å². The van der Waals surface area contributed by atoms with Crippen LogP contribution in [0.15, 0.2) is 28.3 Å². The molecule has 2 aliphatic heterocycles. The van der Waals surface area contributed by atoms with E-state index in [9.17, 15) is 13.2 Å². The summed E-state index contributed by atoms with van der Waals surface area (Å²) in [6, 6.07) is 4.05. The number of hydrazone groups is 1. The van der Waals surface area contributed by atoms with Gasteiger partial charge in [-0.1, -0.05) is 6.07 Å². The van der Waals surface area contributed by atoms with Crippen LogP contribution in [-0.4, -0.2) is 44.4 Å². The van der Waals surface area contributed by atoms with Gasteiger partial charge in [0.25, 0.3) is 0 Å². The summed E-state index contributed by atoms with van der Waals surface area (Å²) in [5.74, 6) is 0. The zero-order valence-corrected chi connectivity index (χ0v) is 12.6. The Bertz CT molecular complexity index is 636. The SMILES string of the molecule is C[C@@H]1N=CNN=C1c1ccc(N2CCOCC2)c(C(F)(F)F)c1. The second-order valence-electron chi connectivity index (χ2n) is 5.41. The Balaban J connectivity index is 2.00. The first kappa shape index (κ1) is 15.8. The number of benzene rings is 1. The number of ether oxygens (including phenoxy) is 1. The van der Waals surface area contributed by atoms with Crippen LogP contribution >= 0.6 is 0 Å². The van der Waals surface area contributed by atoms with Crippen molar-refractivity contribution in [2.45, 2.75) is 19.1 Å². The van der Waals surface area contributed by atoms with E-state index in [2.05, 4.69) is 15.5 Å². The van der Waals surface area contributed by atoms with E-state index in [1.807, 2.05) is 0 Å². The van der Waals surface area contributed by atoms with Crippen LogP contribution in [0, 0.1) is 0 Å². The van der Waals surface area contributed by atoms with Gasteiger partial charge >= 0.3 is 6.18 Å². The van der Waals surface area contributed by atoms with E-state index in [-0.39, 0.29) is 11.7 Å². The summed E-state index contributed by atoms with van der Waals surface area (Å²) >= 11 is 0. The van der Waals surface area contributed by atoms with E-state index in [0.717, 1.165) is 6.07 Å². The summed E-state index contributed by atoms with van der Waals surface area (Å²) in [5.41, 5.74) is 3.04. The molecule has 0 radical (unpaired) electrons. The zero-order chi connectivity index (χ0) is 16.4. The van der Waals surface area contributed by atoms with E-state index in [1.54, 1.807) is 17.9 Å². The predicted octanol–water partition coefficient (Wildman–Crippen LogP) is 2.27. The van der Waals surface area contributed by atoms with E-state index < -0.39 is 11.7 Å². The second kappa shape index (κ2) is 6.19. The molecule has 2 aliphatic rings. The molecule has 1 atom stereocenters. The summed E-state index contributed by atoms with van der Waals surface area (Å²) in [7, 11) is 0. The van der Waals surface area contributed by atoms with Crippen molar-refractivity contribution in [3.8, 4) is 0 Å². The molecule has 1 fully saturated rings. The molecule has 0 aliphatic carbocycles. The number of aliphatic imine (C=N–C) groups is 1. The average molecular weight is 326 g/mol. The molecule has 1 aromatic carbocycles. The minimum absolute atomic E-state index is 0.185. The van der Waals surface area contributed by atoms with Crippen LogP contribution < -0.4 is 10.3 Å². The Morgan fingerprint density at radius 2 is 2.00 bits per heavy atom. The fourth-order valence-corrected chi connectivity index (χ4v) is 2.72. The molecule has 2 heterocycles. The highest BCUT2D eigenvalue weighted by Crippen LogP contribution is 2.38. The van der Waals surface area contributed by atoms with Gasteiger partial charge in [0.1, 0.15) is 6.34 Å². The van der Waals surface area contributed by atoms with Crippen molar-refractivity contribution < 1.29 is 17.9 Å². The minimum Gasteiger partial charge on any atom is -0.378 e. The number of halogens is 3. The van der Waals surface area contributed by atoms with Gasteiger partial charge in [0.05, 0.1) is 30.5 Å². The van der Waals surface area contributed by atoms with Gasteiger partial charge < -0.3 is 9.64 Å². The van der Waals surface area contributed by atoms with Gasteiger partial charge in [-0.3, -0.25) is 10.4 Å². The average Bonchev–Trinajstić information content (AvgIpc) is 2.55. The number of hydrogen-bond acceptors (Lipinski definition) is 5. The van der Waals surface area contributed by atoms with Crippen LogP contribution in [0.25, 0.3) is 0 Å². The van der Waals surface area contributed by atoms with Crippen molar-refractivity contribution in [3.05, 3.63) is 29.3 Å². The van der Waals surface area contributed by atoms with Gasteiger partial charge in [0, 0.05) is 24.3 Å². The number of morpholine rings is 1. The normalized spacial score (nSPS) is 21.8. The lowest BCUT2D eigenvalue weighted by Gasteiger charge is -2.31. The first-order valence-corrected chi connectivity index (χ1v) is 7.36. The zero-order valence-electron chi connectivity index (χ0n) is 12.6. The highest BCUT2D eigenvalue weighted by atomic mass is 19.4. The van der Waals surface area contributed by atoms with Crippen molar-refractivity contribution >= 4 is 17.7 Å². The molecule has 3 rings (SSSR count). The van der Waals surface area contributed by atoms with Crippen molar-refractivity contribution in [1.82, 2.24) is 5.43 Å². The molecule has 124 valence electrons. The summed E-state index contributed by atoms with van der Waals surface area (Å²) in [6.45, 7) is 3.55. The molecule has 1 aromatic rings. The first-order valence-electron chi connectivity index (χ1n) is 7.36. The summed E-state index contributed by atoms with van der Waals surface area (Å²) in [4.78, 5) is 5.82. The van der Waals surface area contributed by atoms with Crippen molar-refractivity contribution in [2.24, 2.45) is 10.1 Å². The smallest absolute Gasteiger partial charge is 0.378 e. The van der Waals surface area contributed by atoms with Gasteiger partial charge in [-0.15, -0.1) is 0 Å². The number of anilines is 1. The molecule has 0 amide bonds. The molecule has 0 saturated carbocycles. The monoisotopic (exact) mass is 326 g/mol. The fourth-order valence-electron chi connectivity index (χ4n) is 2.72. The number of hydrogen-bond donors (Lipinski definition) is 1. The maximum Gasteiger partial charge on any atom is 0.418 e. The van der Waals surface area contributed by atoms with Gasteiger partial charge in [0.2, 0.25) is 0 Å². The Labute approximate surface area is 131 Å². The molecule has 5 nitrogen and oxygen atoms in total. The minimum atomic E-state index is -4.43. The molecular weight excluding hydrogens is 309 g/mol. The van der Waals surface area contributed by atoms with E-state index >= 15 is 0 Å². The fraction of sp³-hybridized carbons (Fsp3) is 0.467. The molecule has 8 heteroatoms. The predicted molar refractivity (Wildman–Crippen MR) is 82.1 cm³/mol. The van der Waals surface area contributed by atoms with Crippen molar-refractivity contribution in [3.63, 3.8) is 0 Å². The Morgan fingerprint density at radius 1 is 1.26 bits per heavy atom. The first-order chi connectivity index (χ1) is 11.0. The number of nitrogens with one attached hydrogen (secondary N) is 1. The van der Waals surface area contributed by atoms with Crippen molar-refractivity contribution in [2.75, 3.05) is 31.2 Å². The lowest BCUT2D eigenvalue weighted by molar-refractivity contribution is -0.137. The maximum atomic E-state index is 13.5. The molecule has 0 unspecified atom stereocenters. The van der Waals surface area contributed by atoms with E-state index in [0.29, 0.717) is 37.6 Å². The third-order valence-corrected chi connectivity index (χ3v) is 3.89. The molecule has 1 N–H and O–H groups in total. The highest BCUT2D eigenvalue weighted by Gasteiger charge is 2.36. The number of alkyl halides is 3. The topological polar surface area (TPSA) is 49.2 Å². The molecule has 0 spiro atoms. The van der Waals surface area contributed by atoms with Crippen LogP contribution in [-0.2, 0) is 10.9 Å². The van der Waals surface area contributed by atoms with Gasteiger partial charge in [-0.25, -0.2) is 0 Å². The Hall–Kier alpha value is -2.09. The Kier molecular flexibility index (Phi) is 4.25. The maximum absolute atomic E-state index is 13.5. The number of rotatable bonds is 2. The lowest BCUT2D eigenvalue weighted by Crippen LogP contribution is -2.37. The van der Waals surface area contributed by atoms with Crippen LogP contribution in [0.4, 0.5) is 18.9 Å². The van der Waals surface area contributed by atoms with Gasteiger partial charge in [0.15, 0.2) is 0 Å². The molecule has 1 saturated heterocycles. The molecular formula is C15H17F3N4O.